The summed E-state index contributed by atoms with van der Waals surface area (Å²) in [5.74, 6) is 1.87. The lowest BCUT2D eigenvalue weighted by molar-refractivity contribution is -0.119. The molecule has 1 aromatic heterocycles. The summed E-state index contributed by atoms with van der Waals surface area (Å²) in [7, 11) is 0. The van der Waals surface area contributed by atoms with Crippen LogP contribution in [-0.4, -0.2) is 38.1 Å². The van der Waals surface area contributed by atoms with Crippen LogP contribution in [0.2, 0.25) is 0 Å². The van der Waals surface area contributed by atoms with Gasteiger partial charge in [0.2, 0.25) is 0 Å². The van der Waals surface area contributed by atoms with Gasteiger partial charge in [-0.2, -0.15) is 0 Å². The molecule has 0 atom stereocenters. The van der Waals surface area contributed by atoms with E-state index >= 15 is 0 Å². The molecule has 7 heteroatoms. The van der Waals surface area contributed by atoms with Crippen molar-refractivity contribution in [2.24, 2.45) is 10.7 Å². The van der Waals surface area contributed by atoms with Crippen molar-refractivity contribution in [3.63, 3.8) is 0 Å². The molecule has 0 aliphatic heterocycles. The first kappa shape index (κ1) is 19.4. The Balaban J connectivity index is 1.74. The second-order valence-electron chi connectivity index (χ2n) is 5.67. The molecule has 26 heavy (non-hydrogen) atoms. The van der Waals surface area contributed by atoms with E-state index in [1.54, 1.807) is 6.26 Å². The Hall–Kier alpha value is -2.96. The van der Waals surface area contributed by atoms with Gasteiger partial charge >= 0.3 is 0 Å². The van der Waals surface area contributed by atoms with Crippen LogP contribution >= 0.6 is 0 Å². The van der Waals surface area contributed by atoms with Gasteiger partial charge in [0.1, 0.15) is 11.5 Å². The minimum atomic E-state index is -0.486. The van der Waals surface area contributed by atoms with E-state index in [-0.39, 0.29) is 6.61 Å². The van der Waals surface area contributed by atoms with E-state index in [1.807, 2.05) is 43.3 Å². The van der Waals surface area contributed by atoms with Crippen LogP contribution in [0.1, 0.15) is 18.2 Å². The van der Waals surface area contributed by atoms with Crippen LogP contribution in [0.25, 0.3) is 0 Å². The summed E-state index contributed by atoms with van der Waals surface area (Å²) in [4.78, 5) is 15.3. The minimum Gasteiger partial charge on any atom is -0.484 e. The van der Waals surface area contributed by atoms with Gasteiger partial charge in [0.05, 0.1) is 6.26 Å². The van der Waals surface area contributed by atoms with Gasteiger partial charge < -0.3 is 25.5 Å². The number of hydrogen-bond acceptors (Lipinski definition) is 4. The highest BCUT2D eigenvalue weighted by Crippen LogP contribution is 2.12. The molecule has 0 saturated heterocycles. The van der Waals surface area contributed by atoms with Crippen molar-refractivity contribution in [3.8, 4) is 5.75 Å². The quantitative estimate of drug-likeness (QED) is 0.441. The normalized spacial score (nSPS) is 11.2. The average Bonchev–Trinajstić information content (AvgIpc) is 3.14. The summed E-state index contributed by atoms with van der Waals surface area (Å²) >= 11 is 0. The molecule has 2 aromatic rings. The molecular formula is C19H26N4O3. The first-order valence-corrected chi connectivity index (χ1v) is 8.72. The number of aliphatic imine (C=N–C) groups is 1. The Bertz CT molecular complexity index is 681. The third-order valence-electron chi connectivity index (χ3n) is 3.56. The van der Waals surface area contributed by atoms with Crippen molar-refractivity contribution in [3.05, 3.63) is 54.0 Å². The van der Waals surface area contributed by atoms with Gasteiger partial charge in [0, 0.05) is 26.1 Å². The third-order valence-corrected chi connectivity index (χ3v) is 3.56. The molecule has 0 spiro atoms. The summed E-state index contributed by atoms with van der Waals surface area (Å²) in [5, 5.41) is 6.55. The molecule has 2 rings (SSSR count). The van der Waals surface area contributed by atoms with E-state index in [2.05, 4.69) is 15.6 Å². The number of nitrogens with zero attached hydrogens (tertiary/aromatic N) is 1. The largest absolute Gasteiger partial charge is 0.484 e. The van der Waals surface area contributed by atoms with Crippen LogP contribution in [-0.2, 0) is 17.6 Å². The van der Waals surface area contributed by atoms with E-state index < -0.39 is 5.91 Å². The van der Waals surface area contributed by atoms with Crippen LogP contribution < -0.4 is 21.1 Å². The Kier molecular flexibility index (Phi) is 8.05. The molecule has 1 heterocycles. The van der Waals surface area contributed by atoms with Crippen molar-refractivity contribution >= 4 is 11.9 Å². The number of amides is 1. The molecular weight excluding hydrogens is 332 g/mol. The van der Waals surface area contributed by atoms with Crippen LogP contribution in [0, 0.1) is 0 Å². The SMILES string of the molecule is CCNC(=NCCc1ccco1)NCCc1ccc(OCC(N)=O)cc1. The molecule has 7 nitrogen and oxygen atoms in total. The smallest absolute Gasteiger partial charge is 0.255 e. The summed E-state index contributed by atoms with van der Waals surface area (Å²) in [6.07, 6.45) is 3.29. The van der Waals surface area contributed by atoms with E-state index in [1.165, 1.54) is 0 Å². The second-order valence-corrected chi connectivity index (χ2v) is 5.67. The Morgan fingerprint density at radius 1 is 1.19 bits per heavy atom. The number of ether oxygens (including phenoxy) is 1. The number of carbonyl (C=O) groups is 1. The predicted molar refractivity (Wildman–Crippen MR) is 101 cm³/mol. The van der Waals surface area contributed by atoms with Crippen molar-refractivity contribution < 1.29 is 13.9 Å². The number of hydrogen-bond donors (Lipinski definition) is 3. The standard InChI is InChI=1S/C19H26N4O3/c1-2-21-19(23-12-10-16-4-3-13-25-16)22-11-9-15-5-7-17(8-6-15)26-14-18(20)24/h3-8,13H,2,9-12,14H2,1H3,(H2,20,24)(H2,21,22,23). The fourth-order valence-electron chi connectivity index (χ4n) is 2.31. The molecule has 0 fully saturated rings. The lowest BCUT2D eigenvalue weighted by Crippen LogP contribution is -2.38. The molecule has 0 bridgehead atoms. The Morgan fingerprint density at radius 3 is 2.65 bits per heavy atom. The van der Waals surface area contributed by atoms with E-state index in [4.69, 9.17) is 14.9 Å². The molecule has 0 aliphatic rings. The highest BCUT2D eigenvalue weighted by atomic mass is 16.5. The average molecular weight is 358 g/mol. The zero-order valence-corrected chi connectivity index (χ0v) is 15.0. The van der Waals surface area contributed by atoms with Crippen LogP contribution in [0.15, 0.2) is 52.1 Å². The highest BCUT2D eigenvalue weighted by Gasteiger charge is 2.01. The summed E-state index contributed by atoms with van der Waals surface area (Å²) in [5.41, 5.74) is 6.22. The number of nitrogens with two attached hydrogens (primary N) is 1. The predicted octanol–water partition coefficient (Wildman–Crippen LogP) is 1.48. The second kappa shape index (κ2) is 10.8. The van der Waals surface area contributed by atoms with Gasteiger partial charge in [-0.25, -0.2) is 0 Å². The number of guanidine groups is 1. The van der Waals surface area contributed by atoms with Gasteiger partial charge in [0.25, 0.3) is 5.91 Å². The molecule has 1 amide bonds. The van der Waals surface area contributed by atoms with Gasteiger partial charge in [-0.1, -0.05) is 12.1 Å². The number of nitrogens with one attached hydrogen (secondary N) is 2. The number of furan rings is 1. The van der Waals surface area contributed by atoms with E-state index in [0.717, 1.165) is 43.2 Å². The maximum atomic E-state index is 10.7. The van der Waals surface area contributed by atoms with Gasteiger partial charge in [-0.05, 0) is 43.2 Å². The molecule has 1 aromatic carbocycles. The Labute approximate surface area is 153 Å². The first-order valence-electron chi connectivity index (χ1n) is 8.72. The van der Waals surface area contributed by atoms with Crippen molar-refractivity contribution in [2.45, 2.75) is 19.8 Å². The van der Waals surface area contributed by atoms with E-state index in [9.17, 15) is 4.79 Å². The monoisotopic (exact) mass is 358 g/mol. The summed E-state index contributed by atoms with van der Waals surface area (Å²) in [6, 6.07) is 11.4. The third kappa shape index (κ3) is 7.29. The topological polar surface area (TPSA) is 102 Å². The molecule has 0 unspecified atom stereocenters. The fourth-order valence-corrected chi connectivity index (χ4v) is 2.31. The lowest BCUT2D eigenvalue weighted by atomic mass is 10.1. The summed E-state index contributed by atoms with van der Waals surface area (Å²) in [6.45, 7) is 4.15. The number of carbonyl (C=O) groups excluding carboxylic acids is 1. The van der Waals surface area contributed by atoms with Crippen molar-refractivity contribution in [1.82, 2.24) is 10.6 Å². The van der Waals surface area contributed by atoms with Crippen LogP contribution in [0.4, 0.5) is 0 Å². The van der Waals surface area contributed by atoms with Crippen molar-refractivity contribution in [1.29, 1.82) is 0 Å². The zero-order valence-electron chi connectivity index (χ0n) is 15.0. The maximum Gasteiger partial charge on any atom is 0.255 e. The van der Waals surface area contributed by atoms with Gasteiger partial charge in [-0.15, -0.1) is 0 Å². The highest BCUT2D eigenvalue weighted by molar-refractivity contribution is 5.79. The zero-order chi connectivity index (χ0) is 18.6. The molecule has 0 radical (unpaired) electrons. The lowest BCUT2D eigenvalue weighted by Gasteiger charge is -2.11. The summed E-state index contributed by atoms with van der Waals surface area (Å²) < 4.78 is 10.6. The van der Waals surface area contributed by atoms with Gasteiger partial charge in [-0.3, -0.25) is 9.79 Å². The van der Waals surface area contributed by atoms with Crippen LogP contribution in [0.5, 0.6) is 5.75 Å². The molecule has 4 N–H and O–H groups in total. The Morgan fingerprint density at radius 2 is 2.00 bits per heavy atom. The van der Waals surface area contributed by atoms with Gasteiger partial charge in [0.15, 0.2) is 12.6 Å². The minimum absolute atomic E-state index is 0.110. The van der Waals surface area contributed by atoms with E-state index in [0.29, 0.717) is 12.3 Å². The van der Waals surface area contributed by atoms with Crippen LogP contribution in [0.3, 0.4) is 0 Å². The molecule has 140 valence electrons. The van der Waals surface area contributed by atoms with Crippen molar-refractivity contribution in [2.75, 3.05) is 26.2 Å². The molecule has 0 aliphatic carbocycles. The number of rotatable bonds is 10. The molecule has 0 saturated carbocycles. The first-order chi connectivity index (χ1) is 12.7. The number of benzene rings is 1. The fraction of sp³-hybridized carbons (Fsp3) is 0.368. The number of primary amides is 1. The maximum absolute atomic E-state index is 10.7.